The zero-order valence-corrected chi connectivity index (χ0v) is 14.1. The molecule has 1 unspecified atom stereocenters. The van der Waals surface area contributed by atoms with Crippen LogP contribution in [0.5, 0.6) is 0 Å². The lowest BCUT2D eigenvalue weighted by Crippen LogP contribution is -2.48. The van der Waals surface area contributed by atoms with Crippen LogP contribution in [0, 0.1) is 0 Å². The molecule has 116 valence electrons. The molecule has 21 heavy (non-hydrogen) atoms. The molecule has 0 aliphatic rings. The molecule has 0 saturated carbocycles. The molecular weight excluding hydrogens is 336 g/mol. The average molecular weight is 357 g/mol. The fraction of sp³-hybridized carbons (Fsp3) is 0.467. The van der Waals surface area contributed by atoms with Gasteiger partial charge < -0.3 is 15.8 Å². The summed E-state index contributed by atoms with van der Waals surface area (Å²) in [7, 11) is 0. The highest BCUT2D eigenvalue weighted by molar-refractivity contribution is 9.10. The highest BCUT2D eigenvalue weighted by atomic mass is 79.9. The Balaban J connectivity index is 2.86. The molecule has 1 aromatic rings. The van der Waals surface area contributed by atoms with Crippen LogP contribution in [0.15, 0.2) is 22.7 Å². The predicted octanol–water partition coefficient (Wildman–Crippen LogP) is 3.08. The topological polar surface area (TPSA) is 81.4 Å². The molecule has 1 rings (SSSR count). The molecule has 0 aliphatic carbocycles. The van der Waals surface area contributed by atoms with Crippen LogP contribution in [0.3, 0.4) is 0 Å². The molecule has 1 amide bonds. The van der Waals surface area contributed by atoms with Crippen LogP contribution in [0.4, 0.5) is 5.69 Å². The van der Waals surface area contributed by atoms with Gasteiger partial charge in [-0.1, -0.05) is 13.3 Å². The molecule has 0 bridgehead atoms. The third-order valence-electron chi connectivity index (χ3n) is 3.02. The minimum Gasteiger partial charge on any atom is -0.462 e. The third kappa shape index (κ3) is 4.82. The Morgan fingerprint density at radius 3 is 2.57 bits per heavy atom. The maximum atomic E-state index is 12.1. The van der Waals surface area contributed by atoms with Crippen molar-refractivity contribution in [3.05, 3.63) is 28.2 Å². The van der Waals surface area contributed by atoms with Crippen molar-refractivity contribution in [2.45, 2.75) is 39.2 Å². The number of rotatable bonds is 6. The smallest absolute Gasteiger partial charge is 0.338 e. The van der Waals surface area contributed by atoms with Gasteiger partial charge in [0, 0.05) is 4.47 Å². The summed E-state index contributed by atoms with van der Waals surface area (Å²) >= 11 is 3.34. The van der Waals surface area contributed by atoms with Gasteiger partial charge in [0.2, 0.25) is 5.91 Å². The SMILES string of the molecule is CCCC(C)(N)C(=O)Nc1ccc(C(=O)OCC)cc1Br. The van der Waals surface area contributed by atoms with Crippen molar-refractivity contribution >= 4 is 33.5 Å². The number of carbonyl (C=O) groups excluding carboxylic acids is 2. The summed E-state index contributed by atoms with van der Waals surface area (Å²) in [6, 6.07) is 4.86. The van der Waals surface area contributed by atoms with Crippen molar-refractivity contribution in [3.63, 3.8) is 0 Å². The highest BCUT2D eigenvalue weighted by Gasteiger charge is 2.27. The fourth-order valence-corrected chi connectivity index (χ4v) is 2.33. The van der Waals surface area contributed by atoms with E-state index < -0.39 is 11.5 Å². The molecular formula is C15H21BrN2O3. The second-order valence-corrected chi connectivity index (χ2v) is 5.89. The van der Waals surface area contributed by atoms with Gasteiger partial charge in [-0.2, -0.15) is 0 Å². The molecule has 0 spiro atoms. The number of hydrogen-bond acceptors (Lipinski definition) is 4. The van der Waals surface area contributed by atoms with Crippen LogP contribution in [0.1, 0.15) is 44.0 Å². The van der Waals surface area contributed by atoms with Crippen molar-refractivity contribution in [1.82, 2.24) is 0 Å². The standard InChI is InChI=1S/C15H21BrN2O3/c1-4-8-15(3,17)14(20)18-12-7-6-10(9-11(12)16)13(19)21-5-2/h6-7,9H,4-5,8,17H2,1-3H3,(H,18,20). The van der Waals surface area contributed by atoms with E-state index in [1.165, 1.54) is 0 Å². The minimum atomic E-state index is -0.923. The summed E-state index contributed by atoms with van der Waals surface area (Å²) in [4.78, 5) is 23.8. The van der Waals surface area contributed by atoms with Crippen LogP contribution in [-0.2, 0) is 9.53 Å². The van der Waals surface area contributed by atoms with E-state index >= 15 is 0 Å². The first kappa shape index (κ1) is 17.7. The Kier molecular flexibility index (Phi) is 6.36. The van der Waals surface area contributed by atoms with E-state index in [9.17, 15) is 9.59 Å². The molecule has 0 fully saturated rings. The molecule has 0 radical (unpaired) electrons. The van der Waals surface area contributed by atoms with Gasteiger partial charge in [0.15, 0.2) is 0 Å². The zero-order chi connectivity index (χ0) is 16.0. The number of ether oxygens (including phenoxy) is 1. The van der Waals surface area contributed by atoms with Gasteiger partial charge in [-0.3, -0.25) is 4.79 Å². The Morgan fingerprint density at radius 1 is 1.38 bits per heavy atom. The first-order valence-corrected chi connectivity index (χ1v) is 7.68. The van der Waals surface area contributed by atoms with Gasteiger partial charge >= 0.3 is 5.97 Å². The molecule has 5 nitrogen and oxygen atoms in total. The second kappa shape index (κ2) is 7.56. The summed E-state index contributed by atoms with van der Waals surface area (Å²) in [5.41, 5.74) is 6.05. The lowest BCUT2D eigenvalue weighted by molar-refractivity contribution is -0.120. The fourth-order valence-electron chi connectivity index (χ4n) is 1.86. The van der Waals surface area contributed by atoms with Gasteiger partial charge in [-0.05, 0) is 54.4 Å². The number of carbonyl (C=O) groups is 2. The zero-order valence-electron chi connectivity index (χ0n) is 12.5. The second-order valence-electron chi connectivity index (χ2n) is 5.04. The number of hydrogen-bond donors (Lipinski definition) is 2. The summed E-state index contributed by atoms with van der Waals surface area (Å²) in [5.74, 6) is -0.653. The molecule has 0 aliphatic heterocycles. The number of esters is 1. The molecule has 3 N–H and O–H groups in total. The third-order valence-corrected chi connectivity index (χ3v) is 3.67. The van der Waals surface area contributed by atoms with E-state index in [0.29, 0.717) is 28.8 Å². The molecule has 0 aromatic heterocycles. The predicted molar refractivity (Wildman–Crippen MR) is 86.2 cm³/mol. The van der Waals surface area contributed by atoms with Gasteiger partial charge in [0.25, 0.3) is 0 Å². The number of benzene rings is 1. The number of halogens is 1. The first-order valence-electron chi connectivity index (χ1n) is 6.88. The number of amides is 1. The van der Waals surface area contributed by atoms with Crippen molar-refractivity contribution in [3.8, 4) is 0 Å². The number of nitrogens with one attached hydrogen (secondary N) is 1. The van der Waals surface area contributed by atoms with Crippen LogP contribution < -0.4 is 11.1 Å². The molecule has 0 saturated heterocycles. The Morgan fingerprint density at radius 2 is 2.05 bits per heavy atom. The van der Waals surface area contributed by atoms with E-state index in [0.717, 1.165) is 6.42 Å². The highest BCUT2D eigenvalue weighted by Crippen LogP contribution is 2.25. The lowest BCUT2D eigenvalue weighted by Gasteiger charge is -2.23. The monoisotopic (exact) mass is 356 g/mol. The van der Waals surface area contributed by atoms with Gasteiger partial charge in [-0.15, -0.1) is 0 Å². The maximum Gasteiger partial charge on any atom is 0.338 e. The summed E-state index contributed by atoms with van der Waals surface area (Å²) in [5, 5.41) is 2.77. The van der Waals surface area contributed by atoms with Crippen LogP contribution in [-0.4, -0.2) is 24.0 Å². The summed E-state index contributed by atoms with van der Waals surface area (Å²) in [6.45, 7) is 5.74. The van der Waals surface area contributed by atoms with Gasteiger partial charge in [0.1, 0.15) is 0 Å². The van der Waals surface area contributed by atoms with Crippen molar-refractivity contribution < 1.29 is 14.3 Å². The lowest BCUT2D eigenvalue weighted by atomic mass is 9.96. The van der Waals surface area contributed by atoms with Gasteiger partial charge in [-0.25, -0.2) is 4.79 Å². The summed E-state index contributed by atoms with van der Waals surface area (Å²) in [6.07, 6.45) is 1.42. The Labute approximate surface area is 133 Å². The molecule has 6 heteroatoms. The van der Waals surface area contributed by atoms with Crippen molar-refractivity contribution in [2.24, 2.45) is 5.73 Å². The Hall–Kier alpha value is -1.40. The van der Waals surface area contributed by atoms with Gasteiger partial charge in [0.05, 0.1) is 23.4 Å². The molecule has 1 atom stereocenters. The largest absolute Gasteiger partial charge is 0.462 e. The number of anilines is 1. The minimum absolute atomic E-state index is 0.256. The van der Waals surface area contributed by atoms with E-state index in [2.05, 4.69) is 21.2 Å². The molecule has 0 heterocycles. The quantitative estimate of drug-likeness (QED) is 0.767. The van der Waals surface area contributed by atoms with Crippen molar-refractivity contribution in [2.75, 3.05) is 11.9 Å². The maximum absolute atomic E-state index is 12.1. The van der Waals surface area contributed by atoms with E-state index in [1.54, 1.807) is 32.0 Å². The van der Waals surface area contributed by atoms with E-state index in [4.69, 9.17) is 10.5 Å². The van der Waals surface area contributed by atoms with Crippen molar-refractivity contribution in [1.29, 1.82) is 0 Å². The molecule has 1 aromatic carbocycles. The number of nitrogens with two attached hydrogens (primary N) is 1. The Bertz CT molecular complexity index is 530. The summed E-state index contributed by atoms with van der Waals surface area (Å²) < 4.78 is 5.53. The van der Waals surface area contributed by atoms with E-state index in [1.807, 2.05) is 6.92 Å². The van der Waals surface area contributed by atoms with E-state index in [-0.39, 0.29) is 5.91 Å². The normalized spacial score (nSPS) is 13.4. The van der Waals surface area contributed by atoms with Crippen LogP contribution in [0.2, 0.25) is 0 Å². The van der Waals surface area contributed by atoms with Crippen LogP contribution in [0.25, 0.3) is 0 Å². The first-order chi connectivity index (χ1) is 9.81. The van der Waals surface area contributed by atoms with Crippen LogP contribution >= 0.6 is 15.9 Å². The average Bonchev–Trinajstić information content (AvgIpc) is 2.41.